The lowest BCUT2D eigenvalue weighted by Crippen LogP contribution is -2.42. The zero-order chi connectivity index (χ0) is 24.0. The Hall–Kier alpha value is -3.36. The third kappa shape index (κ3) is 5.83. The fraction of sp³-hybridized carbons (Fsp3) is 0.296. The van der Waals surface area contributed by atoms with Crippen LogP contribution in [-0.4, -0.2) is 47.0 Å². The largest absolute Gasteiger partial charge is 0.492 e. The van der Waals surface area contributed by atoms with Gasteiger partial charge in [-0.15, -0.1) is 11.3 Å². The van der Waals surface area contributed by atoms with Crippen molar-refractivity contribution in [1.29, 1.82) is 0 Å². The molecule has 1 saturated heterocycles. The van der Waals surface area contributed by atoms with Crippen LogP contribution in [-0.2, 0) is 4.79 Å². The number of ether oxygens (including phenoxy) is 1. The third-order valence-corrected chi connectivity index (χ3v) is 7.20. The van der Waals surface area contributed by atoms with Crippen molar-refractivity contribution in [2.45, 2.75) is 18.9 Å². The Kier molecular flexibility index (Phi) is 7.30. The van der Waals surface area contributed by atoms with Gasteiger partial charge in [-0.05, 0) is 74.0 Å². The fourth-order valence-corrected chi connectivity index (χ4v) is 5.13. The minimum Gasteiger partial charge on any atom is -0.492 e. The molecule has 1 aliphatic heterocycles. The van der Waals surface area contributed by atoms with E-state index in [-0.39, 0.29) is 17.6 Å². The molecular formula is C27H27FN4O2S. The van der Waals surface area contributed by atoms with Gasteiger partial charge in [-0.25, -0.2) is 9.37 Å². The highest BCUT2D eigenvalue weighted by Gasteiger charge is 2.27. The molecule has 6 nitrogen and oxygen atoms in total. The number of amides is 1. The number of rotatable bonds is 8. The summed E-state index contributed by atoms with van der Waals surface area (Å²) in [5, 5.41) is 3.16. The van der Waals surface area contributed by atoms with Crippen LogP contribution in [0.3, 0.4) is 0 Å². The summed E-state index contributed by atoms with van der Waals surface area (Å²) in [5.74, 6) is 0.504. The van der Waals surface area contributed by atoms with E-state index >= 15 is 0 Å². The van der Waals surface area contributed by atoms with Gasteiger partial charge in [0.1, 0.15) is 18.2 Å². The zero-order valence-corrected chi connectivity index (χ0v) is 20.1. The number of nitrogens with one attached hydrogen (secondary N) is 1. The monoisotopic (exact) mass is 490 g/mol. The molecule has 1 fully saturated rings. The lowest BCUT2D eigenvalue weighted by Gasteiger charge is -2.32. The fourth-order valence-electron chi connectivity index (χ4n) is 4.43. The lowest BCUT2D eigenvalue weighted by molar-refractivity contribution is -0.127. The number of nitrogens with zero attached hydrogens (tertiary/aromatic N) is 3. The molecule has 0 unspecified atom stereocenters. The first-order chi connectivity index (χ1) is 17.2. The Bertz CT molecular complexity index is 1260. The molecule has 0 spiro atoms. The van der Waals surface area contributed by atoms with Gasteiger partial charge < -0.3 is 10.1 Å². The number of fused-ring (bicyclic) bond motifs is 1. The van der Waals surface area contributed by atoms with Crippen LogP contribution in [0, 0.1) is 11.7 Å². The molecule has 0 saturated carbocycles. The molecule has 8 heteroatoms. The maximum atomic E-state index is 13.5. The van der Waals surface area contributed by atoms with Gasteiger partial charge in [-0.1, -0.05) is 18.2 Å². The van der Waals surface area contributed by atoms with Crippen LogP contribution in [0.25, 0.3) is 10.2 Å². The molecule has 2 aromatic heterocycles. The second-order valence-electron chi connectivity index (χ2n) is 8.69. The Morgan fingerprint density at radius 1 is 1.11 bits per heavy atom. The van der Waals surface area contributed by atoms with Gasteiger partial charge in [0.05, 0.1) is 27.5 Å². The second-order valence-corrected chi connectivity index (χ2v) is 9.58. The van der Waals surface area contributed by atoms with E-state index in [0.717, 1.165) is 59.7 Å². The van der Waals surface area contributed by atoms with Gasteiger partial charge in [0.15, 0.2) is 0 Å². The van der Waals surface area contributed by atoms with Crippen LogP contribution in [0.2, 0.25) is 0 Å². The standard InChI is InChI=1S/C27H27FN4O2S/c28-21-6-4-19(5-7-21)26(24-3-1-2-12-29-24)31-27(33)20-10-13-32(14-11-20)15-16-34-22-8-9-23-25(17-22)35-18-30-23/h1-9,12,17-18,20,26H,10-11,13-16H2,(H,31,33)/t26-/m1/s1. The van der Waals surface area contributed by atoms with Gasteiger partial charge in [-0.3, -0.25) is 14.7 Å². The van der Waals surface area contributed by atoms with Crippen LogP contribution < -0.4 is 10.1 Å². The van der Waals surface area contributed by atoms with Crippen LogP contribution in [0.1, 0.15) is 30.1 Å². The number of thiazole rings is 1. The molecule has 1 aliphatic rings. The number of carbonyl (C=O) groups is 1. The maximum Gasteiger partial charge on any atom is 0.224 e. The average Bonchev–Trinajstić information content (AvgIpc) is 3.37. The third-order valence-electron chi connectivity index (χ3n) is 6.41. The van der Waals surface area contributed by atoms with Crippen LogP contribution in [0.15, 0.2) is 72.4 Å². The molecule has 35 heavy (non-hydrogen) atoms. The molecule has 0 radical (unpaired) electrons. The van der Waals surface area contributed by atoms with E-state index in [1.807, 2.05) is 41.9 Å². The highest BCUT2D eigenvalue weighted by molar-refractivity contribution is 7.16. The molecule has 1 N–H and O–H groups in total. The number of likely N-dealkylation sites (tertiary alicyclic amines) is 1. The summed E-state index contributed by atoms with van der Waals surface area (Å²) in [6.45, 7) is 3.12. The summed E-state index contributed by atoms with van der Waals surface area (Å²) in [4.78, 5) is 24.2. The summed E-state index contributed by atoms with van der Waals surface area (Å²) < 4.78 is 20.5. The first-order valence-corrected chi connectivity index (χ1v) is 12.7. The second kappa shape index (κ2) is 10.9. The van der Waals surface area contributed by atoms with Crippen molar-refractivity contribution in [2.75, 3.05) is 26.2 Å². The number of carbonyl (C=O) groups excluding carboxylic acids is 1. The molecule has 5 rings (SSSR count). The van der Waals surface area contributed by atoms with Crippen molar-refractivity contribution >= 4 is 27.5 Å². The highest BCUT2D eigenvalue weighted by Crippen LogP contribution is 2.25. The maximum absolute atomic E-state index is 13.5. The zero-order valence-electron chi connectivity index (χ0n) is 19.3. The SMILES string of the molecule is O=C(N[C@H](c1ccc(F)cc1)c1ccccn1)C1CCN(CCOc2ccc3ncsc3c2)CC1. The number of hydrogen-bond donors (Lipinski definition) is 1. The normalized spacial score (nSPS) is 15.7. The predicted octanol–water partition coefficient (Wildman–Crippen LogP) is 4.83. The molecule has 0 bridgehead atoms. The molecule has 1 atom stereocenters. The number of aromatic nitrogens is 2. The Labute approximate surface area is 207 Å². The average molecular weight is 491 g/mol. The smallest absolute Gasteiger partial charge is 0.224 e. The Morgan fingerprint density at radius 3 is 2.71 bits per heavy atom. The van der Waals surface area contributed by atoms with Crippen molar-refractivity contribution in [3.8, 4) is 5.75 Å². The van der Waals surface area contributed by atoms with Crippen LogP contribution >= 0.6 is 11.3 Å². The minimum atomic E-state index is -0.411. The van der Waals surface area contributed by atoms with Gasteiger partial charge in [0, 0.05) is 18.7 Å². The van der Waals surface area contributed by atoms with E-state index in [2.05, 4.69) is 20.2 Å². The van der Waals surface area contributed by atoms with E-state index in [0.29, 0.717) is 6.61 Å². The van der Waals surface area contributed by atoms with Gasteiger partial charge in [0.25, 0.3) is 0 Å². The number of hydrogen-bond acceptors (Lipinski definition) is 6. The van der Waals surface area contributed by atoms with Crippen LogP contribution in [0.4, 0.5) is 4.39 Å². The van der Waals surface area contributed by atoms with E-state index in [1.54, 1.807) is 29.7 Å². The molecule has 0 aliphatic carbocycles. The molecular weight excluding hydrogens is 463 g/mol. The quantitative estimate of drug-likeness (QED) is 0.383. The van der Waals surface area contributed by atoms with E-state index < -0.39 is 6.04 Å². The number of halogens is 1. The van der Waals surface area contributed by atoms with Crippen molar-refractivity contribution in [3.63, 3.8) is 0 Å². The lowest BCUT2D eigenvalue weighted by atomic mass is 9.94. The highest BCUT2D eigenvalue weighted by atomic mass is 32.1. The summed E-state index contributed by atoms with van der Waals surface area (Å²) in [6, 6.07) is 17.4. The predicted molar refractivity (Wildman–Crippen MR) is 135 cm³/mol. The molecule has 180 valence electrons. The first kappa shape index (κ1) is 23.4. The number of benzene rings is 2. The summed E-state index contributed by atoms with van der Waals surface area (Å²) in [6.07, 6.45) is 3.28. The molecule has 2 aromatic carbocycles. The Balaban J connectivity index is 1.13. The minimum absolute atomic E-state index is 0.0127. The topological polar surface area (TPSA) is 67.4 Å². The summed E-state index contributed by atoms with van der Waals surface area (Å²) in [5.41, 5.74) is 4.38. The van der Waals surface area contributed by atoms with Crippen molar-refractivity contribution in [2.24, 2.45) is 5.92 Å². The van der Waals surface area contributed by atoms with Crippen molar-refractivity contribution in [3.05, 3.63) is 89.4 Å². The van der Waals surface area contributed by atoms with Gasteiger partial charge in [-0.2, -0.15) is 0 Å². The number of pyridine rings is 1. The van der Waals surface area contributed by atoms with Gasteiger partial charge >= 0.3 is 0 Å². The van der Waals surface area contributed by atoms with E-state index in [9.17, 15) is 9.18 Å². The Morgan fingerprint density at radius 2 is 1.94 bits per heavy atom. The molecule has 1 amide bonds. The molecule has 4 aromatic rings. The molecule has 3 heterocycles. The van der Waals surface area contributed by atoms with Crippen LogP contribution in [0.5, 0.6) is 5.75 Å². The number of piperidine rings is 1. The summed E-state index contributed by atoms with van der Waals surface area (Å²) in [7, 11) is 0. The van der Waals surface area contributed by atoms with E-state index in [4.69, 9.17) is 4.74 Å². The summed E-state index contributed by atoms with van der Waals surface area (Å²) >= 11 is 1.61. The first-order valence-electron chi connectivity index (χ1n) is 11.8. The van der Waals surface area contributed by atoms with E-state index in [1.165, 1.54) is 12.1 Å². The van der Waals surface area contributed by atoms with Gasteiger partial charge in [0.2, 0.25) is 5.91 Å². The van der Waals surface area contributed by atoms with Crippen molar-refractivity contribution in [1.82, 2.24) is 20.2 Å². The van der Waals surface area contributed by atoms with Crippen molar-refractivity contribution < 1.29 is 13.9 Å².